The summed E-state index contributed by atoms with van der Waals surface area (Å²) < 4.78 is 10.5. The number of nitrogens with zero attached hydrogens (tertiary/aromatic N) is 2. The largest absolute Gasteiger partial charge is 0.466 e. The lowest BCUT2D eigenvalue weighted by atomic mass is 10.2. The van der Waals surface area contributed by atoms with Crippen LogP contribution >= 0.6 is 0 Å². The Hall–Kier alpha value is -1.33. The lowest BCUT2D eigenvalue weighted by Gasteiger charge is -2.34. The van der Waals surface area contributed by atoms with E-state index < -0.39 is 0 Å². The van der Waals surface area contributed by atoms with Crippen LogP contribution in [0, 0.1) is 13.8 Å². The number of rotatable bonds is 5. The Labute approximate surface area is 114 Å². The second-order valence-corrected chi connectivity index (χ2v) is 5.02. The molecule has 1 aromatic heterocycles. The number of amides is 1. The highest BCUT2D eigenvalue weighted by atomic mass is 16.5. The Morgan fingerprint density at radius 3 is 2.74 bits per heavy atom. The Kier molecular flexibility index (Phi) is 4.61. The minimum absolute atomic E-state index is 0.182. The summed E-state index contributed by atoms with van der Waals surface area (Å²) in [5, 5.41) is 0. The molecule has 2 rings (SSSR count). The maximum absolute atomic E-state index is 12.0. The summed E-state index contributed by atoms with van der Waals surface area (Å²) in [6.45, 7) is 8.15. The van der Waals surface area contributed by atoms with Gasteiger partial charge in [0.05, 0.1) is 13.2 Å². The minimum Gasteiger partial charge on any atom is -0.466 e. The molecule has 1 aromatic rings. The molecule has 1 amide bonds. The monoisotopic (exact) mass is 266 g/mol. The van der Waals surface area contributed by atoms with Crippen LogP contribution in [0.25, 0.3) is 0 Å². The molecule has 1 aliphatic heterocycles. The van der Waals surface area contributed by atoms with E-state index in [1.807, 2.05) is 18.7 Å². The fraction of sp³-hybridized carbons (Fsp3) is 0.643. The van der Waals surface area contributed by atoms with Crippen molar-refractivity contribution in [3.63, 3.8) is 0 Å². The van der Waals surface area contributed by atoms with Gasteiger partial charge < -0.3 is 14.1 Å². The smallest absolute Gasteiger partial charge is 0.236 e. The molecule has 1 aliphatic rings. The molecule has 0 unspecified atom stereocenters. The van der Waals surface area contributed by atoms with Crippen molar-refractivity contribution in [2.24, 2.45) is 0 Å². The summed E-state index contributed by atoms with van der Waals surface area (Å²) in [6.07, 6.45) is 0. The summed E-state index contributed by atoms with van der Waals surface area (Å²) >= 11 is 0. The molecule has 2 heterocycles. The van der Waals surface area contributed by atoms with E-state index in [4.69, 9.17) is 9.15 Å². The summed E-state index contributed by atoms with van der Waals surface area (Å²) in [4.78, 5) is 16.0. The van der Waals surface area contributed by atoms with Gasteiger partial charge in [0, 0.05) is 38.9 Å². The van der Waals surface area contributed by atoms with Gasteiger partial charge in [0.2, 0.25) is 5.91 Å². The fourth-order valence-corrected chi connectivity index (χ4v) is 2.41. The average Bonchev–Trinajstić information content (AvgIpc) is 2.67. The van der Waals surface area contributed by atoms with E-state index in [0.717, 1.165) is 31.2 Å². The molecule has 0 spiro atoms. The fourth-order valence-electron chi connectivity index (χ4n) is 2.41. The Morgan fingerprint density at radius 1 is 1.37 bits per heavy atom. The third-order valence-corrected chi connectivity index (χ3v) is 3.50. The van der Waals surface area contributed by atoms with E-state index in [1.54, 1.807) is 7.11 Å². The van der Waals surface area contributed by atoms with Gasteiger partial charge in [-0.25, -0.2) is 0 Å². The molecule has 19 heavy (non-hydrogen) atoms. The Bertz CT molecular complexity index is 442. The number of furan rings is 1. The third kappa shape index (κ3) is 3.58. The van der Waals surface area contributed by atoms with Gasteiger partial charge in [-0.05, 0) is 19.9 Å². The minimum atomic E-state index is 0.182. The Morgan fingerprint density at radius 2 is 2.16 bits per heavy atom. The molecule has 1 fully saturated rings. The molecular weight excluding hydrogens is 244 g/mol. The first-order valence-electron chi connectivity index (χ1n) is 6.65. The molecule has 1 saturated heterocycles. The highest BCUT2D eigenvalue weighted by Gasteiger charge is 2.24. The first kappa shape index (κ1) is 14.1. The predicted molar refractivity (Wildman–Crippen MR) is 71.9 cm³/mol. The number of aryl methyl sites for hydroxylation is 2. The van der Waals surface area contributed by atoms with Crippen LogP contribution in [0.2, 0.25) is 0 Å². The van der Waals surface area contributed by atoms with Gasteiger partial charge in [-0.2, -0.15) is 0 Å². The van der Waals surface area contributed by atoms with Crippen LogP contribution in [0.15, 0.2) is 10.5 Å². The number of ether oxygens (including phenoxy) is 1. The average molecular weight is 266 g/mol. The summed E-state index contributed by atoms with van der Waals surface area (Å²) in [6, 6.07) is 2.05. The number of hydrogen-bond acceptors (Lipinski definition) is 4. The van der Waals surface area contributed by atoms with E-state index in [9.17, 15) is 4.79 Å². The van der Waals surface area contributed by atoms with E-state index in [1.165, 1.54) is 5.56 Å². The SMILES string of the molecule is COCCN1CCN(Cc2cc(C)oc2C)CC1=O. The number of carbonyl (C=O) groups excluding carboxylic acids is 1. The van der Waals surface area contributed by atoms with Crippen LogP contribution in [0.4, 0.5) is 0 Å². The summed E-state index contributed by atoms with van der Waals surface area (Å²) in [5.74, 6) is 2.06. The Balaban J connectivity index is 1.88. The van der Waals surface area contributed by atoms with Gasteiger partial charge in [-0.3, -0.25) is 9.69 Å². The zero-order valence-corrected chi connectivity index (χ0v) is 11.9. The van der Waals surface area contributed by atoms with E-state index in [0.29, 0.717) is 19.7 Å². The van der Waals surface area contributed by atoms with Gasteiger partial charge in [0.25, 0.3) is 0 Å². The van der Waals surface area contributed by atoms with Crippen molar-refractivity contribution in [3.8, 4) is 0 Å². The van der Waals surface area contributed by atoms with Crippen molar-refractivity contribution in [3.05, 3.63) is 23.2 Å². The lowest BCUT2D eigenvalue weighted by Crippen LogP contribution is -2.50. The molecule has 5 heteroatoms. The number of hydrogen-bond donors (Lipinski definition) is 0. The van der Waals surface area contributed by atoms with Gasteiger partial charge in [0.1, 0.15) is 11.5 Å². The molecule has 0 N–H and O–H groups in total. The maximum atomic E-state index is 12.0. The van der Waals surface area contributed by atoms with Crippen LogP contribution in [0.1, 0.15) is 17.1 Å². The molecule has 0 saturated carbocycles. The van der Waals surface area contributed by atoms with Crippen molar-refractivity contribution in [2.75, 3.05) is 39.9 Å². The molecule has 106 valence electrons. The zero-order valence-electron chi connectivity index (χ0n) is 11.9. The number of piperazine rings is 1. The van der Waals surface area contributed by atoms with Crippen molar-refractivity contribution < 1.29 is 13.9 Å². The standard InChI is InChI=1S/C14H22N2O3/c1-11-8-13(12(2)19-11)9-15-4-5-16(6-7-18-3)14(17)10-15/h8H,4-7,9-10H2,1-3H3. The van der Waals surface area contributed by atoms with Gasteiger partial charge in [-0.15, -0.1) is 0 Å². The van der Waals surface area contributed by atoms with Crippen LogP contribution in [-0.4, -0.2) is 55.6 Å². The topological polar surface area (TPSA) is 45.9 Å². The molecule has 0 atom stereocenters. The maximum Gasteiger partial charge on any atom is 0.236 e. The normalized spacial score (nSPS) is 17.2. The van der Waals surface area contributed by atoms with Crippen LogP contribution < -0.4 is 0 Å². The van der Waals surface area contributed by atoms with Crippen molar-refractivity contribution in [1.82, 2.24) is 9.80 Å². The van der Waals surface area contributed by atoms with Gasteiger partial charge >= 0.3 is 0 Å². The van der Waals surface area contributed by atoms with Crippen LogP contribution in [-0.2, 0) is 16.1 Å². The van der Waals surface area contributed by atoms with Crippen LogP contribution in [0.5, 0.6) is 0 Å². The highest BCUT2D eigenvalue weighted by Crippen LogP contribution is 2.17. The molecule has 0 aliphatic carbocycles. The van der Waals surface area contributed by atoms with Gasteiger partial charge in [-0.1, -0.05) is 0 Å². The first-order valence-corrected chi connectivity index (χ1v) is 6.65. The predicted octanol–water partition coefficient (Wildman–Crippen LogP) is 1.19. The first-order chi connectivity index (χ1) is 9.10. The zero-order chi connectivity index (χ0) is 13.8. The lowest BCUT2D eigenvalue weighted by molar-refractivity contribution is -0.136. The third-order valence-electron chi connectivity index (χ3n) is 3.50. The molecule has 5 nitrogen and oxygen atoms in total. The molecule has 0 bridgehead atoms. The second-order valence-electron chi connectivity index (χ2n) is 5.02. The highest BCUT2D eigenvalue weighted by molar-refractivity contribution is 5.79. The van der Waals surface area contributed by atoms with E-state index in [2.05, 4.69) is 11.0 Å². The van der Waals surface area contributed by atoms with Crippen molar-refractivity contribution >= 4 is 5.91 Å². The quantitative estimate of drug-likeness (QED) is 0.803. The number of methoxy groups -OCH3 is 1. The molecule has 0 aromatic carbocycles. The molecular formula is C14H22N2O3. The van der Waals surface area contributed by atoms with Crippen LogP contribution in [0.3, 0.4) is 0 Å². The van der Waals surface area contributed by atoms with E-state index in [-0.39, 0.29) is 5.91 Å². The van der Waals surface area contributed by atoms with Gasteiger partial charge in [0.15, 0.2) is 0 Å². The number of carbonyl (C=O) groups is 1. The van der Waals surface area contributed by atoms with Crippen molar-refractivity contribution in [2.45, 2.75) is 20.4 Å². The second kappa shape index (κ2) is 6.21. The van der Waals surface area contributed by atoms with Crippen molar-refractivity contribution in [1.29, 1.82) is 0 Å². The van der Waals surface area contributed by atoms with E-state index >= 15 is 0 Å². The summed E-state index contributed by atoms with van der Waals surface area (Å²) in [5.41, 5.74) is 1.18. The summed E-state index contributed by atoms with van der Waals surface area (Å²) in [7, 11) is 1.66. The molecule has 0 radical (unpaired) electrons.